The van der Waals surface area contributed by atoms with E-state index in [1.165, 1.54) is 36.1 Å². The number of carbonyl (C=O) groups is 1. The van der Waals surface area contributed by atoms with Crippen LogP contribution >= 0.6 is 0 Å². The van der Waals surface area contributed by atoms with Crippen LogP contribution in [0, 0.1) is 0 Å². The number of carbonyl (C=O) groups excluding carboxylic acids is 1. The number of hydrogen-bond acceptors (Lipinski definition) is 4. The summed E-state index contributed by atoms with van der Waals surface area (Å²) < 4.78 is 3.47. The fraction of sp³-hybridized carbons (Fsp3) is 0.280. The summed E-state index contributed by atoms with van der Waals surface area (Å²) in [6.07, 6.45) is 5.75. The number of nitrogens with zero attached hydrogens (tertiary/aromatic N) is 4. The molecule has 7 heteroatoms. The molecule has 1 fully saturated rings. The Bertz CT molecular complexity index is 1300. The molecule has 32 heavy (non-hydrogen) atoms. The minimum atomic E-state index is -0.376. The van der Waals surface area contributed by atoms with Crippen LogP contribution in [0.5, 0.6) is 0 Å². The highest BCUT2D eigenvalue weighted by atomic mass is 16.2. The molecule has 1 aliphatic rings. The zero-order chi connectivity index (χ0) is 21.9. The zero-order valence-electron chi connectivity index (χ0n) is 17.8. The molecule has 2 aromatic heterocycles. The van der Waals surface area contributed by atoms with Crippen LogP contribution in [0.1, 0.15) is 54.2 Å². The number of hydrogen-bond donors (Lipinski definition) is 1. The second-order valence-corrected chi connectivity index (χ2v) is 8.24. The standard InChI is InChI=1S/C25H25N5O2/c31-23-16-15-21(28-29(23)17-18-9-3-1-4-10-18)24(32)27-25-26-20-13-7-8-14-22(20)30(25)19-11-5-2-6-12-19/h1,3-4,7-10,13-16,19H,2,5-6,11-12,17H2,(H,26,27,32). The topological polar surface area (TPSA) is 81.8 Å². The SMILES string of the molecule is O=C(Nc1nc2ccccc2n1C1CCCCC1)c1ccc(=O)n(Cc2ccccc2)n1. The second-order valence-electron chi connectivity index (χ2n) is 8.24. The normalized spacial score (nSPS) is 14.5. The molecule has 0 aliphatic heterocycles. The number of aromatic nitrogens is 4. The molecule has 7 nitrogen and oxygen atoms in total. The molecule has 1 aliphatic carbocycles. The van der Waals surface area contributed by atoms with Gasteiger partial charge in [-0.2, -0.15) is 5.10 Å². The first-order chi connectivity index (χ1) is 15.7. The fourth-order valence-electron chi connectivity index (χ4n) is 4.45. The van der Waals surface area contributed by atoms with Crippen LogP contribution in [-0.2, 0) is 6.54 Å². The van der Waals surface area contributed by atoms with Gasteiger partial charge in [0.05, 0.1) is 17.6 Å². The van der Waals surface area contributed by atoms with Crippen molar-refractivity contribution in [2.24, 2.45) is 0 Å². The zero-order valence-corrected chi connectivity index (χ0v) is 17.8. The Hall–Kier alpha value is -3.74. The predicted molar refractivity (Wildman–Crippen MR) is 124 cm³/mol. The maximum absolute atomic E-state index is 13.1. The van der Waals surface area contributed by atoms with Crippen LogP contribution in [-0.4, -0.2) is 25.2 Å². The van der Waals surface area contributed by atoms with Crippen molar-refractivity contribution in [3.63, 3.8) is 0 Å². The smallest absolute Gasteiger partial charge is 0.278 e. The lowest BCUT2D eigenvalue weighted by Gasteiger charge is -2.25. The molecule has 0 bridgehead atoms. The molecule has 0 spiro atoms. The largest absolute Gasteiger partial charge is 0.307 e. The van der Waals surface area contributed by atoms with Gasteiger partial charge in [-0.3, -0.25) is 14.9 Å². The molecular weight excluding hydrogens is 402 g/mol. The van der Waals surface area contributed by atoms with Gasteiger partial charge in [0, 0.05) is 12.1 Å². The van der Waals surface area contributed by atoms with Gasteiger partial charge in [-0.1, -0.05) is 61.7 Å². The molecule has 0 atom stereocenters. The average Bonchev–Trinajstić information content (AvgIpc) is 3.19. The van der Waals surface area contributed by atoms with Crippen LogP contribution < -0.4 is 10.9 Å². The molecule has 1 amide bonds. The second kappa shape index (κ2) is 8.78. The van der Waals surface area contributed by atoms with Gasteiger partial charge in [0.2, 0.25) is 5.95 Å². The maximum Gasteiger partial charge on any atom is 0.278 e. The Morgan fingerprint density at radius 3 is 2.50 bits per heavy atom. The summed E-state index contributed by atoms with van der Waals surface area (Å²) in [5.74, 6) is 0.157. The third kappa shape index (κ3) is 4.06. The van der Waals surface area contributed by atoms with Crippen LogP contribution in [0.15, 0.2) is 71.5 Å². The lowest BCUT2D eigenvalue weighted by Crippen LogP contribution is -2.27. The van der Waals surface area contributed by atoms with Gasteiger partial charge >= 0.3 is 0 Å². The first-order valence-corrected chi connectivity index (χ1v) is 11.1. The number of fused-ring (bicyclic) bond motifs is 1. The lowest BCUT2D eigenvalue weighted by molar-refractivity contribution is 0.101. The fourth-order valence-corrected chi connectivity index (χ4v) is 4.45. The van der Waals surface area contributed by atoms with Gasteiger partial charge in [0.1, 0.15) is 5.69 Å². The maximum atomic E-state index is 13.1. The van der Waals surface area contributed by atoms with Crippen molar-refractivity contribution in [1.29, 1.82) is 0 Å². The molecule has 2 aromatic carbocycles. The van der Waals surface area contributed by atoms with E-state index in [1.807, 2.05) is 54.6 Å². The van der Waals surface area contributed by atoms with E-state index in [2.05, 4.69) is 15.0 Å². The summed E-state index contributed by atoms with van der Waals surface area (Å²) in [6, 6.07) is 20.7. The summed E-state index contributed by atoms with van der Waals surface area (Å²) in [6.45, 7) is 0.307. The average molecular weight is 428 g/mol. The molecule has 2 heterocycles. The predicted octanol–water partition coefficient (Wildman–Crippen LogP) is 4.40. The minimum Gasteiger partial charge on any atom is -0.307 e. The van der Waals surface area contributed by atoms with Crippen molar-refractivity contribution in [3.8, 4) is 0 Å². The van der Waals surface area contributed by atoms with Gasteiger partial charge < -0.3 is 4.57 Å². The van der Waals surface area contributed by atoms with E-state index in [0.29, 0.717) is 18.5 Å². The summed E-state index contributed by atoms with van der Waals surface area (Å²) in [5.41, 5.74) is 2.76. The summed E-state index contributed by atoms with van der Waals surface area (Å²) >= 11 is 0. The molecule has 4 aromatic rings. The summed E-state index contributed by atoms with van der Waals surface area (Å²) in [4.78, 5) is 30.1. The highest BCUT2D eigenvalue weighted by molar-refractivity contribution is 6.02. The third-order valence-corrected chi connectivity index (χ3v) is 6.04. The highest BCUT2D eigenvalue weighted by Crippen LogP contribution is 2.34. The third-order valence-electron chi connectivity index (χ3n) is 6.04. The Kier molecular flexibility index (Phi) is 5.54. The number of nitrogens with one attached hydrogen (secondary N) is 1. The van der Waals surface area contributed by atoms with E-state index < -0.39 is 0 Å². The van der Waals surface area contributed by atoms with E-state index in [0.717, 1.165) is 29.4 Å². The number of anilines is 1. The first kappa shape index (κ1) is 20.2. The van der Waals surface area contributed by atoms with Crippen LogP contribution in [0.4, 0.5) is 5.95 Å². The first-order valence-electron chi connectivity index (χ1n) is 11.1. The van der Waals surface area contributed by atoms with Gasteiger partial charge in [-0.15, -0.1) is 0 Å². The minimum absolute atomic E-state index is 0.183. The van der Waals surface area contributed by atoms with E-state index in [1.54, 1.807) is 0 Å². The summed E-state index contributed by atoms with van der Waals surface area (Å²) in [7, 11) is 0. The van der Waals surface area contributed by atoms with E-state index in [9.17, 15) is 9.59 Å². The van der Waals surface area contributed by atoms with Gasteiger partial charge in [0.25, 0.3) is 11.5 Å². The molecule has 5 rings (SSSR count). The summed E-state index contributed by atoms with van der Waals surface area (Å²) in [5, 5.41) is 7.27. The number of para-hydroxylation sites is 2. The van der Waals surface area contributed by atoms with Gasteiger partial charge in [-0.05, 0) is 36.6 Å². The van der Waals surface area contributed by atoms with E-state index in [-0.39, 0.29) is 17.2 Å². The van der Waals surface area contributed by atoms with Crippen molar-refractivity contribution < 1.29 is 4.79 Å². The molecule has 0 radical (unpaired) electrons. The van der Waals surface area contributed by atoms with Crippen LogP contribution in [0.2, 0.25) is 0 Å². The molecule has 1 saturated carbocycles. The van der Waals surface area contributed by atoms with Crippen LogP contribution in [0.3, 0.4) is 0 Å². The highest BCUT2D eigenvalue weighted by Gasteiger charge is 2.23. The molecule has 162 valence electrons. The Morgan fingerprint density at radius 2 is 1.69 bits per heavy atom. The van der Waals surface area contributed by atoms with Crippen molar-refractivity contribution >= 4 is 22.9 Å². The quantitative estimate of drug-likeness (QED) is 0.512. The number of rotatable bonds is 5. The molecule has 0 unspecified atom stereocenters. The monoisotopic (exact) mass is 427 g/mol. The number of benzene rings is 2. The van der Waals surface area contributed by atoms with Gasteiger partial charge in [0.15, 0.2) is 0 Å². The van der Waals surface area contributed by atoms with E-state index in [4.69, 9.17) is 4.98 Å². The van der Waals surface area contributed by atoms with Crippen molar-refractivity contribution in [2.75, 3.05) is 5.32 Å². The van der Waals surface area contributed by atoms with Gasteiger partial charge in [-0.25, -0.2) is 9.67 Å². The van der Waals surface area contributed by atoms with E-state index >= 15 is 0 Å². The molecule has 0 saturated heterocycles. The Balaban J connectivity index is 1.45. The Labute approximate surface area is 185 Å². The number of imidazole rings is 1. The van der Waals surface area contributed by atoms with Crippen LogP contribution in [0.25, 0.3) is 11.0 Å². The number of amides is 1. The molecule has 1 N–H and O–H groups in total. The van der Waals surface area contributed by atoms with Crippen molar-refractivity contribution in [1.82, 2.24) is 19.3 Å². The molecular formula is C25H25N5O2. The lowest BCUT2D eigenvalue weighted by atomic mass is 9.95. The van der Waals surface area contributed by atoms with Crippen molar-refractivity contribution in [2.45, 2.75) is 44.7 Å². The Morgan fingerprint density at radius 1 is 0.938 bits per heavy atom. The van der Waals surface area contributed by atoms with Crippen molar-refractivity contribution in [3.05, 3.63) is 88.3 Å².